The van der Waals surface area contributed by atoms with Gasteiger partial charge in [-0.2, -0.15) is 0 Å². The van der Waals surface area contributed by atoms with Crippen LogP contribution in [0.3, 0.4) is 0 Å². The summed E-state index contributed by atoms with van der Waals surface area (Å²) in [7, 11) is -3.50. The predicted octanol–water partition coefficient (Wildman–Crippen LogP) is 1.11. The summed E-state index contributed by atoms with van der Waals surface area (Å²) in [5, 5.41) is 2.72. The highest BCUT2D eigenvalue weighted by Crippen LogP contribution is 2.28. The van der Waals surface area contributed by atoms with Crippen LogP contribution in [0.15, 0.2) is 23.1 Å². The van der Waals surface area contributed by atoms with E-state index in [4.69, 9.17) is 0 Å². The van der Waals surface area contributed by atoms with Gasteiger partial charge >= 0.3 is 0 Å². The molecule has 0 heterocycles. The van der Waals surface area contributed by atoms with E-state index < -0.39 is 10.0 Å². The number of sulfonamides is 1. The Balaban J connectivity index is 1.86. The van der Waals surface area contributed by atoms with Crippen molar-refractivity contribution in [2.45, 2.75) is 31.6 Å². The molecule has 1 aromatic rings. The van der Waals surface area contributed by atoms with Gasteiger partial charge in [0.15, 0.2) is 0 Å². The third-order valence-corrected chi connectivity index (χ3v) is 4.91. The number of hydrogen-bond acceptors (Lipinski definition) is 3. The van der Waals surface area contributed by atoms with Crippen LogP contribution in [-0.4, -0.2) is 27.4 Å². The molecule has 6 heteroatoms. The lowest BCUT2D eigenvalue weighted by Crippen LogP contribution is -2.35. The zero-order chi connectivity index (χ0) is 14.8. The second kappa shape index (κ2) is 5.93. The summed E-state index contributed by atoms with van der Waals surface area (Å²) in [5.41, 5.74) is 2.00. The Hall–Kier alpha value is -1.40. The Morgan fingerprint density at radius 3 is 2.50 bits per heavy atom. The van der Waals surface area contributed by atoms with Crippen LogP contribution in [0.2, 0.25) is 0 Å². The molecule has 1 amide bonds. The Morgan fingerprint density at radius 1 is 1.20 bits per heavy atom. The summed E-state index contributed by atoms with van der Waals surface area (Å²) in [6.07, 6.45) is 1.89. The molecule has 0 aliphatic heterocycles. The first-order valence-corrected chi connectivity index (χ1v) is 8.23. The minimum Gasteiger partial charge on any atom is -0.355 e. The lowest BCUT2D eigenvalue weighted by atomic mass is 10.1. The van der Waals surface area contributed by atoms with E-state index in [0.29, 0.717) is 6.54 Å². The summed E-state index contributed by atoms with van der Waals surface area (Å²) < 4.78 is 26.6. The first-order valence-electron chi connectivity index (χ1n) is 6.75. The van der Waals surface area contributed by atoms with Gasteiger partial charge in [0.25, 0.3) is 0 Å². The molecule has 1 aliphatic carbocycles. The van der Waals surface area contributed by atoms with Crippen LogP contribution in [0.5, 0.6) is 0 Å². The number of benzene rings is 1. The molecule has 20 heavy (non-hydrogen) atoms. The maximum absolute atomic E-state index is 12.1. The molecule has 1 aromatic carbocycles. The van der Waals surface area contributed by atoms with Crippen LogP contribution in [0.1, 0.15) is 24.0 Å². The maximum Gasteiger partial charge on any atom is 0.240 e. The van der Waals surface area contributed by atoms with Crippen LogP contribution in [-0.2, 0) is 14.8 Å². The predicted molar refractivity (Wildman–Crippen MR) is 76.8 cm³/mol. The summed E-state index contributed by atoms with van der Waals surface area (Å²) in [6.45, 7) is 4.34. The summed E-state index contributed by atoms with van der Waals surface area (Å²) >= 11 is 0. The largest absolute Gasteiger partial charge is 0.355 e. The Morgan fingerprint density at radius 2 is 1.90 bits per heavy atom. The van der Waals surface area contributed by atoms with Crippen LogP contribution < -0.4 is 10.0 Å². The number of aryl methyl sites for hydroxylation is 2. The highest BCUT2D eigenvalue weighted by atomic mass is 32.2. The van der Waals surface area contributed by atoms with Crippen LogP contribution >= 0.6 is 0 Å². The van der Waals surface area contributed by atoms with E-state index in [0.717, 1.165) is 24.0 Å². The van der Waals surface area contributed by atoms with E-state index in [-0.39, 0.29) is 23.3 Å². The van der Waals surface area contributed by atoms with Crippen molar-refractivity contribution in [1.82, 2.24) is 10.0 Å². The first-order chi connectivity index (χ1) is 9.40. The molecule has 0 aromatic heterocycles. The van der Waals surface area contributed by atoms with Crippen molar-refractivity contribution in [3.8, 4) is 0 Å². The number of hydrogen-bond donors (Lipinski definition) is 2. The van der Waals surface area contributed by atoms with Gasteiger partial charge in [-0.3, -0.25) is 4.79 Å². The fourth-order valence-electron chi connectivity index (χ4n) is 1.83. The van der Waals surface area contributed by atoms with Gasteiger partial charge in [-0.25, -0.2) is 13.1 Å². The minimum atomic E-state index is -3.50. The molecule has 0 bridgehead atoms. The van der Waals surface area contributed by atoms with E-state index >= 15 is 0 Å². The molecule has 0 spiro atoms. The molecule has 1 fully saturated rings. The van der Waals surface area contributed by atoms with Gasteiger partial charge in [0.2, 0.25) is 15.9 Å². The number of rotatable bonds is 6. The molecule has 1 aliphatic rings. The Labute approximate surface area is 119 Å². The average molecular weight is 296 g/mol. The third kappa shape index (κ3) is 3.80. The number of carbonyl (C=O) groups excluding carboxylic acids is 1. The number of carbonyl (C=O) groups is 1. The van der Waals surface area contributed by atoms with Crippen molar-refractivity contribution < 1.29 is 13.2 Å². The minimum absolute atomic E-state index is 0.0235. The van der Waals surface area contributed by atoms with Gasteiger partial charge in [-0.1, -0.05) is 6.07 Å². The lowest BCUT2D eigenvalue weighted by molar-refractivity contribution is -0.122. The molecule has 0 atom stereocenters. The lowest BCUT2D eigenvalue weighted by Gasteiger charge is -2.09. The van der Waals surface area contributed by atoms with E-state index in [1.54, 1.807) is 18.2 Å². The number of amides is 1. The number of nitrogens with one attached hydrogen (secondary N) is 2. The van der Waals surface area contributed by atoms with Crippen molar-refractivity contribution in [3.05, 3.63) is 29.3 Å². The van der Waals surface area contributed by atoms with Crippen molar-refractivity contribution in [2.24, 2.45) is 5.92 Å². The van der Waals surface area contributed by atoms with E-state index in [9.17, 15) is 13.2 Å². The normalized spacial score (nSPS) is 15.1. The van der Waals surface area contributed by atoms with Crippen LogP contribution in [0.25, 0.3) is 0 Å². The molecule has 2 N–H and O–H groups in total. The van der Waals surface area contributed by atoms with Crippen molar-refractivity contribution in [1.29, 1.82) is 0 Å². The van der Waals surface area contributed by atoms with Crippen molar-refractivity contribution in [2.75, 3.05) is 13.1 Å². The zero-order valence-electron chi connectivity index (χ0n) is 11.8. The zero-order valence-corrected chi connectivity index (χ0v) is 12.6. The van der Waals surface area contributed by atoms with E-state index in [2.05, 4.69) is 10.0 Å². The second-order valence-corrected chi connectivity index (χ2v) is 6.98. The summed E-state index contributed by atoms with van der Waals surface area (Å²) in [5.74, 6) is 0.168. The molecule has 110 valence electrons. The topological polar surface area (TPSA) is 75.3 Å². The smallest absolute Gasteiger partial charge is 0.240 e. The fourth-order valence-corrected chi connectivity index (χ4v) is 2.94. The third-order valence-electron chi connectivity index (χ3n) is 3.45. The van der Waals surface area contributed by atoms with Gasteiger partial charge in [-0.05, 0) is 49.9 Å². The molecule has 1 saturated carbocycles. The quantitative estimate of drug-likeness (QED) is 0.772. The highest BCUT2D eigenvalue weighted by Gasteiger charge is 2.29. The van der Waals surface area contributed by atoms with E-state index in [1.165, 1.54) is 0 Å². The maximum atomic E-state index is 12.1. The molecule has 5 nitrogen and oxygen atoms in total. The monoisotopic (exact) mass is 296 g/mol. The van der Waals surface area contributed by atoms with Crippen LogP contribution in [0, 0.1) is 19.8 Å². The summed E-state index contributed by atoms with van der Waals surface area (Å²) in [6, 6.07) is 5.03. The van der Waals surface area contributed by atoms with Crippen molar-refractivity contribution >= 4 is 15.9 Å². The first kappa shape index (κ1) is 15.0. The van der Waals surface area contributed by atoms with Gasteiger partial charge in [0, 0.05) is 19.0 Å². The van der Waals surface area contributed by atoms with Gasteiger partial charge < -0.3 is 5.32 Å². The second-order valence-electron chi connectivity index (χ2n) is 5.21. The van der Waals surface area contributed by atoms with E-state index in [1.807, 2.05) is 13.8 Å². The highest BCUT2D eigenvalue weighted by molar-refractivity contribution is 7.89. The van der Waals surface area contributed by atoms with Crippen LogP contribution in [0.4, 0.5) is 0 Å². The van der Waals surface area contributed by atoms with Crippen molar-refractivity contribution in [3.63, 3.8) is 0 Å². The SMILES string of the molecule is Cc1ccc(S(=O)(=O)NCCNC(=O)C2CC2)cc1C. The molecule has 0 unspecified atom stereocenters. The molecule has 2 rings (SSSR count). The molecular formula is C14H20N2O3S. The molecule has 0 saturated heterocycles. The fraction of sp³-hybridized carbons (Fsp3) is 0.500. The van der Waals surface area contributed by atoms with Gasteiger partial charge in [-0.15, -0.1) is 0 Å². The Bertz CT molecular complexity index is 607. The molecule has 0 radical (unpaired) electrons. The standard InChI is InChI=1S/C14H20N2O3S/c1-10-3-6-13(9-11(10)2)20(18,19)16-8-7-15-14(17)12-4-5-12/h3,6,9,12,16H,4-5,7-8H2,1-2H3,(H,15,17). The average Bonchev–Trinajstić information content (AvgIpc) is 3.22. The van der Waals surface area contributed by atoms with Gasteiger partial charge in [0.05, 0.1) is 4.90 Å². The van der Waals surface area contributed by atoms with Gasteiger partial charge in [0.1, 0.15) is 0 Å². The summed E-state index contributed by atoms with van der Waals surface area (Å²) in [4.78, 5) is 11.7. The molecular weight excluding hydrogens is 276 g/mol. The Kier molecular flexibility index (Phi) is 4.45.